The molecular formula is C41H52F3N3O10S. The Morgan fingerprint density at radius 1 is 1.19 bits per heavy atom. The third-order valence-corrected chi connectivity index (χ3v) is 14.2. The normalized spacial score (nSPS) is 29.4. The van der Waals surface area contributed by atoms with Gasteiger partial charge in [-0.3, -0.25) is 23.9 Å². The third-order valence-electron chi connectivity index (χ3n) is 12.1. The first-order valence-corrected chi connectivity index (χ1v) is 21.2. The number of fused-ring (bicyclic) bond motifs is 3. The minimum absolute atomic E-state index is 0.00126. The van der Waals surface area contributed by atoms with Gasteiger partial charge in [0.25, 0.3) is 6.43 Å². The highest BCUT2D eigenvalue weighted by atomic mass is 32.2. The minimum Gasteiger partial charge on any atom is -0.494 e. The number of halogens is 3. The quantitative estimate of drug-likeness (QED) is 0.214. The molecule has 3 heterocycles. The number of Topliss-reactive ketones (excluding diaryl/α,β-unsaturated/α-hetero) is 1. The van der Waals surface area contributed by atoms with Crippen molar-refractivity contribution < 1.29 is 59.7 Å². The number of nitrogens with zero attached hydrogens (tertiary/aromatic N) is 2. The van der Waals surface area contributed by atoms with E-state index in [1.165, 1.54) is 30.3 Å². The highest BCUT2D eigenvalue weighted by Gasteiger charge is 2.63. The summed E-state index contributed by atoms with van der Waals surface area (Å²) in [6.07, 6.45) is 0.912. The van der Waals surface area contributed by atoms with Crippen molar-refractivity contribution in [3.8, 4) is 11.6 Å². The fraction of sp³-hybridized carbons (Fsp3) is 0.634. The van der Waals surface area contributed by atoms with E-state index in [1.807, 2.05) is 12.2 Å². The number of methoxy groups -OCH3 is 1. The van der Waals surface area contributed by atoms with Crippen LogP contribution < -0.4 is 14.2 Å². The predicted octanol–water partition coefficient (Wildman–Crippen LogP) is 5.82. The molecule has 13 nitrogen and oxygen atoms in total. The molecule has 0 spiro atoms. The molecule has 1 aromatic carbocycles. The number of ether oxygens (including phenoxy) is 4. The van der Waals surface area contributed by atoms with Gasteiger partial charge in [0.1, 0.15) is 6.10 Å². The lowest BCUT2D eigenvalue weighted by Gasteiger charge is -2.34. The van der Waals surface area contributed by atoms with E-state index in [2.05, 4.69) is 9.71 Å². The van der Waals surface area contributed by atoms with E-state index in [0.717, 1.165) is 13.8 Å². The van der Waals surface area contributed by atoms with Gasteiger partial charge in [0.05, 0.1) is 54.4 Å². The van der Waals surface area contributed by atoms with E-state index >= 15 is 0 Å². The summed E-state index contributed by atoms with van der Waals surface area (Å²) in [5.41, 5.74) is -3.56. The van der Waals surface area contributed by atoms with Crippen molar-refractivity contribution in [3.63, 3.8) is 0 Å². The molecule has 58 heavy (non-hydrogen) atoms. The molecule has 2 aromatic rings. The highest BCUT2D eigenvalue weighted by molar-refractivity contribution is 7.91. The molecule has 318 valence electrons. The Hall–Kier alpha value is -4.25. The number of hydrogen-bond acceptors (Lipinski definition) is 11. The number of carbonyl (C=O) groups is 4. The van der Waals surface area contributed by atoms with Gasteiger partial charge in [-0.2, -0.15) is 0 Å². The maximum Gasteiger partial charge on any atom is 0.307 e. The number of ketones is 1. The molecule has 0 bridgehead atoms. The molecule has 4 aliphatic rings. The number of esters is 1. The van der Waals surface area contributed by atoms with E-state index in [0.29, 0.717) is 36.5 Å². The lowest BCUT2D eigenvalue weighted by Crippen LogP contribution is -2.49. The zero-order chi connectivity index (χ0) is 42.4. The van der Waals surface area contributed by atoms with Crippen LogP contribution in [0.1, 0.15) is 92.4 Å². The summed E-state index contributed by atoms with van der Waals surface area (Å²) in [4.78, 5) is 62.4. The average Bonchev–Trinajstić information content (AvgIpc) is 4.04. The second-order valence-corrected chi connectivity index (χ2v) is 19.1. The number of benzene rings is 1. The molecule has 0 unspecified atom stereocenters. The topological polar surface area (TPSA) is 167 Å². The standard InChI is InChI=1S/C41H52F3N3O10S/c1-7-32-28(19-34(49)57-39(3,4)37(43)44)36(50)47-22-26(56-35-27-18-29(42)33(54-6)16-24(27)12-15-45-35)17-30(47)31(48)21-41(20-25(41)11-9-8-10-23(2)55-32)38(51)46-58(52,53)40(5)13-14-40/h9,11-12,15-16,18,23,25-26,28,30,32,37H,7-8,10,13-14,17,19-22H2,1-6H3,(H,46,51)/b11-9-/t23-,25-,26-,28+,30+,32+,41-/m1/s1. The van der Waals surface area contributed by atoms with E-state index < -0.39 is 111 Å². The summed E-state index contributed by atoms with van der Waals surface area (Å²) in [5, 5.41) is 0.841. The number of rotatable bonds is 11. The number of allylic oxidation sites excluding steroid dienone is 2. The molecule has 2 amide bonds. The van der Waals surface area contributed by atoms with E-state index in [1.54, 1.807) is 26.8 Å². The molecule has 6 rings (SSSR count). The monoisotopic (exact) mass is 835 g/mol. The van der Waals surface area contributed by atoms with Crippen LogP contribution in [0.25, 0.3) is 10.8 Å². The van der Waals surface area contributed by atoms with Gasteiger partial charge in [0, 0.05) is 24.4 Å². The lowest BCUT2D eigenvalue weighted by atomic mass is 9.90. The molecule has 2 aliphatic carbocycles. The fourth-order valence-corrected chi connectivity index (χ4v) is 9.25. The van der Waals surface area contributed by atoms with Crippen LogP contribution in [-0.4, -0.2) is 96.7 Å². The van der Waals surface area contributed by atoms with Crippen molar-refractivity contribution in [2.24, 2.45) is 17.3 Å². The molecule has 1 aromatic heterocycles. The van der Waals surface area contributed by atoms with Crippen molar-refractivity contribution in [3.05, 3.63) is 42.4 Å². The van der Waals surface area contributed by atoms with Crippen LogP contribution in [0, 0.1) is 23.1 Å². The van der Waals surface area contributed by atoms with Gasteiger partial charge < -0.3 is 23.8 Å². The van der Waals surface area contributed by atoms with Crippen molar-refractivity contribution in [1.29, 1.82) is 0 Å². The molecule has 3 fully saturated rings. The summed E-state index contributed by atoms with van der Waals surface area (Å²) >= 11 is 0. The smallest absolute Gasteiger partial charge is 0.307 e. The molecular weight excluding hydrogens is 784 g/mol. The van der Waals surface area contributed by atoms with Crippen LogP contribution >= 0.6 is 0 Å². The van der Waals surface area contributed by atoms with Gasteiger partial charge in [-0.05, 0) is 95.7 Å². The first-order chi connectivity index (χ1) is 27.2. The Bertz CT molecular complexity index is 2080. The summed E-state index contributed by atoms with van der Waals surface area (Å²) in [6.45, 7) is 7.02. The van der Waals surface area contributed by atoms with Crippen molar-refractivity contribution in [2.45, 2.75) is 134 Å². The zero-order valence-electron chi connectivity index (χ0n) is 33.6. The van der Waals surface area contributed by atoms with Gasteiger partial charge in [-0.15, -0.1) is 0 Å². The maximum atomic E-state index is 14.9. The van der Waals surface area contributed by atoms with E-state index in [9.17, 15) is 40.8 Å². The van der Waals surface area contributed by atoms with Crippen molar-refractivity contribution >= 4 is 44.4 Å². The first-order valence-electron chi connectivity index (χ1n) is 19.7. The predicted molar refractivity (Wildman–Crippen MR) is 205 cm³/mol. The minimum atomic E-state index is -4.05. The van der Waals surface area contributed by atoms with Gasteiger partial charge in [0.2, 0.25) is 27.7 Å². The summed E-state index contributed by atoms with van der Waals surface area (Å²) in [7, 11) is -2.72. The van der Waals surface area contributed by atoms with Crippen LogP contribution in [0.4, 0.5) is 13.2 Å². The van der Waals surface area contributed by atoms with Crippen LogP contribution in [0.2, 0.25) is 0 Å². The number of alkyl halides is 2. The van der Waals surface area contributed by atoms with Crippen LogP contribution in [-0.2, 0) is 38.7 Å². The number of amides is 2. The SMILES string of the molecule is CC[C@@H]1O[C@H](C)CC/C=C\[C@@H]2C[C@@]2(C(=O)NS(=O)(=O)C2(C)CC2)CC(=O)[C@@H]2C[C@@H](Oc3nccc4cc(OC)c(F)cc34)CN2C(=O)[C@H]1CC(=O)OC(C)(C)C(F)F. The number of hydrogen-bond donors (Lipinski definition) is 1. The number of carbonyl (C=O) groups excluding carboxylic acids is 4. The lowest BCUT2D eigenvalue weighted by molar-refractivity contribution is -0.176. The van der Waals surface area contributed by atoms with Crippen LogP contribution in [0.3, 0.4) is 0 Å². The Kier molecular flexibility index (Phi) is 12.3. The van der Waals surface area contributed by atoms with E-state index in [-0.39, 0.29) is 37.4 Å². The van der Waals surface area contributed by atoms with E-state index in [4.69, 9.17) is 18.9 Å². The largest absolute Gasteiger partial charge is 0.494 e. The van der Waals surface area contributed by atoms with Gasteiger partial charge in [0.15, 0.2) is 23.0 Å². The summed E-state index contributed by atoms with van der Waals surface area (Å²) in [5.74, 6) is -5.49. The Labute approximate surface area is 336 Å². The molecule has 2 aliphatic heterocycles. The molecule has 1 saturated heterocycles. The number of sulfonamides is 1. The molecule has 1 N–H and O–H groups in total. The average molecular weight is 836 g/mol. The Morgan fingerprint density at radius 3 is 2.57 bits per heavy atom. The number of pyridine rings is 1. The Balaban J connectivity index is 1.37. The maximum absolute atomic E-state index is 14.9. The molecule has 17 heteroatoms. The van der Waals surface area contributed by atoms with Crippen molar-refractivity contribution in [1.82, 2.24) is 14.6 Å². The number of aromatic nitrogens is 1. The Morgan fingerprint density at radius 2 is 1.91 bits per heavy atom. The first kappa shape index (κ1) is 43.3. The third kappa shape index (κ3) is 8.85. The van der Waals surface area contributed by atoms with Crippen LogP contribution in [0.15, 0.2) is 36.5 Å². The van der Waals surface area contributed by atoms with Gasteiger partial charge >= 0.3 is 5.97 Å². The van der Waals surface area contributed by atoms with Crippen molar-refractivity contribution in [2.75, 3.05) is 13.7 Å². The molecule has 2 saturated carbocycles. The van der Waals surface area contributed by atoms with Gasteiger partial charge in [-0.25, -0.2) is 26.6 Å². The molecule has 7 atom stereocenters. The van der Waals surface area contributed by atoms with Gasteiger partial charge in [-0.1, -0.05) is 19.1 Å². The summed E-state index contributed by atoms with van der Waals surface area (Å²) < 4.78 is 93.0. The summed E-state index contributed by atoms with van der Waals surface area (Å²) in [6, 6.07) is 3.08. The zero-order valence-corrected chi connectivity index (χ0v) is 34.4. The molecule has 0 radical (unpaired) electrons. The van der Waals surface area contributed by atoms with Crippen LogP contribution in [0.5, 0.6) is 11.6 Å². The second kappa shape index (κ2) is 16.4. The highest BCUT2D eigenvalue weighted by Crippen LogP contribution is 2.57. The second-order valence-electron chi connectivity index (χ2n) is 16.9. The number of nitrogens with one attached hydrogen (secondary N) is 1. The fourth-order valence-electron chi connectivity index (χ4n) is 7.92.